The summed E-state index contributed by atoms with van der Waals surface area (Å²) in [6.07, 6.45) is 2.34. The summed E-state index contributed by atoms with van der Waals surface area (Å²) in [5.74, 6) is -0.748. The van der Waals surface area contributed by atoms with E-state index in [1.807, 2.05) is 6.92 Å². The molecule has 0 amide bonds. The molecule has 0 aliphatic heterocycles. The maximum atomic E-state index is 10.3. The van der Waals surface area contributed by atoms with Crippen molar-refractivity contribution < 1.29 is 15.0 Å². The number of hydrogen-bond acceptors (Lipinski definition) is 3. The fourth-order valence-electron chi connectivity index (χ4n) is 1.19. The van der Waals surface area contributed by atoms with Crippen molar-refractivity contribution in [2.45, 2.75) is 51.7 Å². The Hall–Kier alpha value is -0.610. The number of aliphatic carboxylic acids is 1. The van der Waals surface area contributed by atoms with Crippen LogP contribution in [-0.4, -0.2) is 34.9 Å². The molecule has 0 saturated carbocycles. The summed E-state index contributed by atoms with van der Waals surface area (Å²) in [7, 11) is 0. The van der Waals surface area contributed by atoms with Crippen molar-refractivity contribution in [3.05, 3.63) is 0 Å². The Kier molecular flexibility index (Phi) is 7.42. The number of aliphatic hydroxyl groups is 1. The van der Waals surface area contributed by atoms with Gasteiger partial charge in [0.05, 0.1) is 6.10 Å². The summed E-state index contributed by atoms with van der Waals surface area (Å²) in [4.78, 5) is 10.3. The fourth-order valence-corrected chi connectivity index (χ4v) is 1.19. The van der Waals surface area contributed by atoms with Gasteiger partial charge in [0.25, 0.3) is 0 Å². The molecule has 0 saturated heterocycles. The van der Waals surface area contributed by atoms with E-state index in [9.17, 15) is 4.79 Å². The van der Waals surface area contributed by atoms with Crippen LogP contribution in [0.25, 0.3) is 0 Å². The molecule has 0 aliphatic rings. The van der Waals surface area contributed by atoms with Gasteiger partial charge >= 0.3 is 5.97 Å². The van der Waals surface area contributed by atoms with Gasteiger partial charge in [-0.1, -0.05) is 0 Å². The van der Waals surface area contributed by atoms with E-state index in [1.165, 1.54) is 0 Å². The normalized spacial score (nSPS) is 15.1. The van der Waals surface area contributed by atoms with E-state index in [1.54, 1.807) is 6.92 Å². The average Bonchev–Trinajstić information content (AvgIpc) is 2.08. The van der Waals surface area contributed by atoms with Gasteiger partial charge in [-0.15, -0.1) is 0 Å². The monoisotopic (exact) mass is 203 g/mol. The number of aliphatic hydroxyl groups excluding tert-OH is 1. The van der Waals surface area contributed by atoms with Crippen LogP contribution in [0.1, 0.15) is 39.5 Å². The molecular weight excluding hydrogens is 182 g/mol. The first kappa shape index (κ1) is 13.4. The average molecular weight is 203 g/mol. The molecule has 0 aromatic heterocycles. The number of carboxylic acid groups (broad SMARTS) is 1. The van der Waals surface area contributed by atoms with Crippen LogP contribution >= 0.6 is 0 Å². The number of hydrogen-bond donors (Lipinski definition) is 3. The van der Waals surface area contributed by atoms with Gasteiger partial charge < -0.3 is 15.5 Å². The minimum absolute atomic E-state index is 0.213. The molecule has 2 unspecified atom stereocenters. The van der Waals surface area contributed by atoms with Gasteiger partial charge in [-0.25, -0.2) is 0 Å². The third kappa shape index (κ3) is 9.48. The molecule has 0 radical (unpaired) electrons. The lowest BCUT2D eigenvalue weighted by Crippen LogP contribution is -2.28. The van der Waals surface area contributed by atoms with Crippen molar-refractivity contribution in [3.8, 4) is 0 Å². The van der Waals surface area contributed by atoms with Crippen LogP contribution in [-0.2, 0) is 4.79 Å². The van der Waals surface area contributed by atoms with Gasteiger partial charge in [0, 0.05) is 12.5 Å². The second-order valence-electron chi connectivity index (χ2n) is 3.78. The van der Waals surface area contributed by atoms with Crippen molar-refractivity contribution in [1.29, 1.82) is 0 Å². The first-order valence-electron chi connectivity index (χ1n) is 5.15. The molecule has 0 aromatic rings. The molecule has 84 valence electrons. The molecule has 3 N–H and O–H groups in total. The minimum atomic E-state index is -0.748. The Morgan fingerprint density at radius 2 is 2.00 bits per heavy atom. The zero-order valence-corrected chi connectivity index (χ0v) is 8.99. The summed E-state index contributed by atoms with van der Waals surface area (Å²) in [5, 5.41) is 20.7. The third-order valence-electron chi connectivity index (χ3n) is 2.08. The van der Waals surface area contributed by atoms with Crippen molar-refractivity contribution in [2.24, 2.45) is 0 Å². The zero-order chi connectivity index (χ0) is 11.0. The number of rotatable bonds is 8. The highest BCUT2D eigenvalue weighted by molar-refractivity contribution is 5.66. The molecular formula is C10H21NO3. The maximum Gasteiger partial charge on any atom is 0.303 e. The predicted octanol–water partition coefficient (Wildman–Crippen LogP) is 0.990. The molecule has 0 aliphatic carbocycles. The van der Waals surface area contributed by atoms with Crippen LogP contribution in [0.3, 0.4) is 0 Å². The molecule has 0 spiro atoms. The molecule has 2 atom stereocenters. The van der Waals surface area contributed by atoms with Crippen molar-refractivity contribution in [1.82, 2.24) is 5.32 Å². The quantitative estimate of drug-likeness (QED) is 0.514. The lowest BCUT2D eigenvalue weighted by Gasteiger charge is -2.12. The van der Waals surface area contributed by atoms with E-state index >= 15 is 0 Å². The van der Waals surface area contributed by atoms with E-state index in [0.29, 0.717) is 6.42 Å². The molecule has 0 aromatic carbocycles. The highest BCUT2D eigenvalue weighted by Gasteiger charge is 2.04. The summed E-state index contributed by atoms with van der Waals surface area (Å²) >= 11 is 0. The predicted molar refractivity (Wildman–Crippen MR) is 55.2 cm³/mol. The first-order chi connectivity index (χ1) is 6.52. The first-order valence-corrected chi connectivity index (χ1v) is 5.15. The number of nitrogens with one attached hydrogen (secondary N) is 1. The molecule has 4 nitrogen and oxygen atoms in total. The van der Waals surface area contributed by atoms with Gasteiger partial charge in [0.1, 0.15) is 0 Å². The largest absolute Gasteiger partial charge is 0.481 e. The topological polar surface area (TPSA) is 69.6 Å². The minimum Gasteiger partial charge on any atom is -0.481 e. The van der Waals surface area contributed by atoms with Gasteiger partial charge in [-0.2, -0.15) is 0 Å². The molecule has 0 bridgehead atoms. The summed E-state index contributed by atoms with van der Waals surface area (Å²) in [6.45, 7) is 4.59. The molecule has 14 heavy (non-hydrogen) atoms. The Labute approximate surface area is 85.3 Å². The van der Waals surface area contributed by atoms with Gasteiger partial charge in [0.2, 0.25) is 0 Å². The van der Waals surface area contributed by atoms with Gasteiger partial charge in [-0.3, -0.25) is 4.79 Å². The summed E-state index contributed by atoms with van der Waals surface area (Å²) in [6, 6.07) is 0.236. The third-order valence-corrected chi connectivity index (χ3v) is 2.08. The lowest BCUT2D eigenvalue weighted by molar-refractivity contribution is -0.137. The highest BCUT2D eigenvalue weighted by Crippen LogP contribution is 1.98. The molecule has 4 heteroatoms. The van der Waals surface area contributed by atoms with E-state index in [4.69, 9.17) is 10.2 Å². The van der Waals surface area contributed by atoms with E-state index in [2.05, 4.69) is 5.32 Å². The van der Waals surface area contributed by atoms with E-state index in [0.717, 1.165) is 19.4 Å². The second-order valence-corrected chi connectivity index (χ2v) is 3.78. The maximum absolute atomic E-state index is 10.3. The Morgan fingerprint density at radius 3 is 2.50 bits per heavy atom. The van der Waals surface area contributed by atoms with Crippen molar-refractivity contribution in [3.63, 3.8) is 0 Å². The van der Waals surface area contributed by atoms with E-state index < -0.39 is 5.97 Å². The Balaban J connectivity index is 3.26. The smallest absolute Gasteiger partial charge is 0.303 e. The van der Waals surface area contributed by atoms with Crippen LogP contribution < -0.4 is 5.32 Å². The summed E-state index contributed by atoms with van der Waals surface area (Å²) in [5.41, 5.74) is 0. The van der Waals surface area contributed by atoms with Crippen molar-refractivity contribution >= 4 is 5.97 Å². The fraction of sp³-hybridized carbons (Fsp3) is 0.900. The van der Waals surface area contributed by atoms with Crippen LogP contribution in [0.2, 0.25) is 0 Å². The van der Waals surface area contributed by atoms with Crippen LogP contribution in [0.5, 0.6) is 0 Å². The zero-order valence-electron chi connectivity index (χ0n) is 8.99. The molecule has 0 fully saturated rings. The van der Waals surface area contributed by atoms with Gasteiger partial charge in [0.15, 0.2) is 0 Å². The van der Waals surface area contributed by atoms with Crippen LogP contribution in [0.4, 0.5) is 0 Å². The van der Waals surface area contributed by atoms with Crippen LogP contribution in [0, 0.1) is 0 Å². The molecule has 0 rings (SSSR count). The summed E-state index contributed by atoms with van der Waals surface area (Å²) < 4.78 is 0. The van der Waals surface area contributed by atoms with E-state index in [-0.39, 0.29) is 18.6 Å². The second kappa shape index (κ2) is 7.76. The standard InChI is InChI=1S/C10H21NO3/c1-8(5-6-10(13)14)11-7-3-4-9(2)12/h8-9,11-12H,3-7H2,1-2H3,(H,13,14). The highest BCUT2D eigenvalue weighted by atomic mass is 16.4. The van der Waals surface area contributed by atoms with Crippen molar-refractivity contribution in [2.75, 3.05) is 6.54 Å². The lowest BCUT2D eigenvalue weighted by atomic mass is 10.1. The Bertz CT molecular complexity index is 159. The van der Waals surface area contributed by atoms with Crippen LogP contribution in [0.15, 0.2) is 0 Å². The van der Waals surface area contributed by atoms with Gasteiger partial charge in [-0.05, 0) is 39.7 Å². The number of carboxylic acids is 1. The molecule has 0 heterocycles. The SMILES string of the molecule is CC(O)CCCNC(C)CCC(=O)O. The Morgan fingerprint density at radius 1 is 1.36 bits per heavy atom. The number of carbonyl (C=O) groups is 1.